The van der Waals surface area contributed by atoms with E-state index in [9.17, 15) is 4.79 Å². The number of benzene rings is 1. The van der Waals surface area contributed by atoms with Crippen LogP contribution in [0.2, 0.25) is 0 Å². The summed E-state index contributed by atoms with van der Waals surface area (Å²) in [7, 11) is 0. The average molecular weight is 297 g/mol. The first kappa shape index (κ1) is 12.6. The summed E-state index contributed by atoms with van der Waals surface area (Å²) < 4.78 is 1.03. The molecule has 0 saturated carbocycles. The van der Waals surface area contributed by atoms with Crippen molar-refractivity contribution in [2.45, 2.75) is 13.3 Å². The number of nitrogens with one attached hydrogen (secondary N) is 1. The SMILES string of the molecule is Cc1ccc(Br)cc1CC(=O)N1CCNCC1. The number of hydrogen-bond donors (Lipinski definition) is 1. The Morgan fingerprint density at radius 2 is 2.12 bits per heavy atom. The highest BCUT2D eigenvalue weighted by Gasteiger charge is 2.17. The Balaban J connectivity index is 2.04. The van der Waals surface area contributed by atoms with Gasteiger partial charge < -0.3 is 10.2 Å². The van der Waals surface area contributed by atoms with Crippen LogP contribution in [0.1, 0.15) is 11.1 Å². The van der Waals surface area contributed by atoms with Crippen LogP contribution in [-0.4, -0.2) is 37.0 Å². The molecule has 1 aromatic rings. The summed E-state index contributed by atoms with van der Waals surface area (Å²) in [5, 5.41) is 3.25. The van der Waals surface area contributed by atoms with Crippen LogP contribution in [0.15, 0.2) is 22.7 Å². The third-order valence-corrected chi connectivity index (χ3v) is 3.62. The molecule has 3 nitrogen and oxygen atoms in total. The van der Waals surface area contributed by atoms with Gasteiger partial charge in [0, 0.05) is 30.7 Å². The maximum atomic E-state index is 12.1. The molecule has 0 aliphatic carbocycles. The van der Waals surface area contributed by atoms with Crippen LogP contribution in [0.4, 0.5) is 0 Å². The number of halogens is 1. The van der Waals surface area contributed by atoms with Crippen molar-refractivity contribution in [1.29, 1.82) is 0 Å². The van der Waals surface area contributed by atoms with E-state index >= 15 is 0 Å². The molecular formula is C13H17BrN2O. The summed E-state index contributed by atoms with van der Waals surface area (Å²) >= 11 is 3.45. The molecule has 1 saturated heterocycles. The van der Waals surface area contributed by atoms with Crippen molar-refractivity contribution >= 4 is 21.8 Å². The molecule has 0 aromatic heterocycles. The molecule has 1 aromatic carbocycles. The first-order chi connectivity index (χ1) is 8.16. The lowest BCUT2D eigenvalue weighted by Crippen LogP contribution is -2.47. The van der Waals surface area contributed by atoms with Crippen LogP contribution >= 0.6 is 15.9 Å². The number of carbonyl (C=O) groups excluding carboxylic acids is 1. The van der Waals surface area contributed by atoms with E-state index in [0.29, 0.717) is 6.42 Å². The maximum absolute atomic E-state index is 12.1. The molecule has 2 rings (SSSR count). The standard InChI is InChI=1S/C13H17BrN2O/c1-10-2-3-12(14)8-11(10)9-13(17)16-6-4-15-5-7-16/h2-3,8,15H,4-7,9H2,1H3. The van der Waals surface area contributed by atoms with Gasteiger partial charge in [-0.2, -0.15) is 0 Å². The second kappa shape index (κ2) is 5.65. The molecule has 4 heteroatoms. The van der Waals surface area contributed by atoms with Crippen LogP contribution in [0.25, 0.3) is 0 Å². The van der Waals surface area contributed by atoms with Gasteiger partial charge in [0.2, 0.25) is 5.91 Å². The summed E-state index contributed by atoms with van der Waals surface area (Å²) in [4.78, 5) is 14.1. The van der Waals surface area contributed by atoms with E-state index in [0.717, 1.165) is 36.2 Å². The lowest BCUT2D eigenvalue weighted by Gasteiger charge is -2.27. The maximum Gasteiger partial charge on any atom is 0.227 e. The number of rotatable bonds is 2. The van der Waals surface area contributed by atoms with Gasteiger partial charge in [-0.1, -0.05) is 22.0 Å². The Morgan fingerprint density at radius 3 is 2.82 bits per heavy atom. The van der Waals surface area contributed by atoms with Gasteiger partial charge in [-0.05, 0) is 30.2 Å². The Hall–Kier alpha value is -0.870. The molecule has 1 aliphatic rings. The minimum Gasteiger partial charge on any atom is -0.340 e. The monoisotopic (exact) mass is 296 g/mol. The van der Waals surface area contributed by atoms with Gasteiger partial charge in [0.1, 0.15) is 0 Å². The number of aryl methyl sites for hydroxylation is 1. The summed E-state index contributed by atoms with van der Waals surface area (Å²) in [5.74, 6) is 0.229. The minimum absolute atomic E-state index is 0.229. The molecule has 0 unspecified atom stereocenters. The van der Waals surface area contributed by atoms with Gasteiger partial charge in [-0.3, -0.25) is 4.79 Å². The summed E-state index contributed by atoms with van der Waals surface area (Å²) in [6.45, 7) is 5.51. The van der Waals surface area contributed by atoms with Crippen LogP contribution in [-0.2, 0) is 11.2 Å². The van der Waals surface area contributed by atoms with E-state index in [1.54, 1.807) is 0 Å². The first-order valence-electron chi connectivity index (χ1n) is 5.90. The zero-order valence-electron chi connectivity index (χ0n) is 10.0. The Labute approximate surface area is 110 Å². The summed E-state index contributed by atoms with van der Waals surface area (Å²) in [6.07, 6.45) is 0.505. The van der Waals surface area contributed by atoms with Crippen molar-refractivity contribution in [2.75, 3.05) is 26.2 Å². The van der Waals surface area contributed by atoms with Crippen molar-refractivity contribution in [3.8, 4) is 0 Å². The van der Waals surface area contributed by atoms with Gasteiger partial charge in [0.05, 0.1) is 6.42 Å². The Bertz CT molecular complexity index is 414. The molecule has 0 atom stereocenters. The van der Waals surface area contributed by atoms with E-state index in [2.05, 4.69) is 21.2 Å². The van der Waals surface area contributed by atoms with Gasteiger partial charge in [-0.15, -0.1) is 0 Å². The predicted octanol–water partition coefficient (Wildman–Crippen LogP) is 1.73. The number of piperazine rings is 1. The van der Waals surface area contributed by atoms with E-state index in [1.165, 1.54) is 5.56 Å². The van der Waals surface area contributed by atoms with Gasteiger partial charge in [0.15, 0.2) is 0 Å². The smallest absolute Gasteiger partial charge is 0.227 e. The molecule has 17 heavy (non-hydrogen) atoms. The number of hydrogen-bond acceptors (Lipinski definition) is 2. The van der Waals surface area contributed by atoms with Crippen LogP contribution in [0.5, 0.6) is 0 Å². The molecule has 1 fully saturated rings. The molecule has 92 valence electrons. The van der Waals surface area contributed by atoms with Crippen LogP contribution < -0.4 is 5.32 Å². The van der Waals surface area contributed by atoms with E-state index in [4.69, 9.17) is 0 Å². The van der Waals surface area contributed by atoms with Crippen molar-refractivity contribution in [3.63, 3.8) is 0 Å². The largest absolute Gasteiger partial charge is 0.340 e. The first-order valence-corrected chi connectivity index (χ1v) is 6.69. The van der Waals surface area contributed by atoms with Crippen molar-refractivity contribution in [3.05, 3.63) is 33.8 Å². The number of amides is 1. The molecule has 0 radical (unpaired) electrons. The molecular weight excluding hydrogens is 280 g/mol. The normalized spacial score (nSPS) is 16.0. The quantitative estimate of drug-likeness (QED) is 0.901. The summed E-state index contributed by atoms with van der Waals surface area (Å²) in [6, 6.07) is 6.09. The molecule has 1 heterocycles. The van der Waals surface area contributed by atoms with Gasteiger partial charge >= 0.3 is 0 Å². The van der Waals surface area contributed by atoms with Crippen molar-refractivity contribution < 1.29 is 4.79 Å². The van der Waals surface area contributed by atoms with E-state index < -0.39 is 0 Å². The van der Waals surface area contributed by atoms with Gasteiger partial charge in [-0.25, -0.2) is 0 Å². The number of carbonyl (C=O) groups is 1. The highest BCUT2D eigenvalue weighted by atomic mass is 79.9. The lowest BCUT2D eigenvalue weighted by molar-refractivity contribution is -0.131. The van der Waals surface area contributed by atoms with Crippen LogP contribution in [0, 0.1) is 6.92 Å². The molecule has 1 amide bonds. The zero-order valence-corrected chi connectivity index (χ0v) is 11.6. The Kier molecular flexibility index (Phi) is 4.18. The van der Waals surface area contributed by atoms with Crippen LogP contribution in [0.3, 0.4) is 0 Å². The second-order valence-electron chi connectivity index (χ2n) is 4.38. The molecule has 1 N–H and O–H groups in total. The zero-order chi connectivity index (χ0) is 12.3. The van der Waals surface area contributed by atoms with E-state index in [1.807, 2.05) is 30.0 Å². The van der Waals surface area contributed by atoms with Crippen molar-refractivity contribution in [2.24, 2.45) is 0 Å². The fraction of sp³-hybridized carbons (Fsp3) is 0.462. The second-order valence-corrected chi connectivity index (χ2v) is 5.29. The summed E-state index contributed by atoms with van der Waals surface area (Å²) in [5.41, 5.74) is 2.29. The highest BCUT2D eigenvalue weighted by Crippen LogP contribution is 2.17. The molecule has 0 spiro atoms. The van der Waals surface area contributed by atoms with Gasteiger partial charge in [0.25, 0.3) is 0 Å². The minimum atomic E-state index is 0.229. The molecule has 0 bridgehead atoms. The fourth-order valence-electron chi connectivity index (χ4n) is 2.02. The van der Waals surface area contributed by atoms with Crippen molar-refractivity contribution in [1.82, 2.24) is 10.2 Å². The molecule has 1 aliphatic heterocycles. The lowest BCUT2D eigenvalue weighted by atomic mass is 10.1. The number of nitrogens with zero attached hydrogens (tertiary/aromatic N) is 1. The Morgan fingerprint density at radius 1 is 1.41 bits per heavy atom. The topological polar surface area (TPSA) is 32.3 Å². The third-order valence-electron chi connectivity index (χ3n) is 3.12. The third kappa shape index (κ3) is 3.30. The fourth-order valence-corrected chi connectivity index (χ4v) is 2.43. The average Bonchev–Trinajstić information content (AvgIpc) is 2.35. The van der Waals surface area contributed by atoms with E-state index in [-0.39, 0.29) is 5.91 Å². The predicted molar refractivity (Wildman–Crippen MR) is 72.0 cm³/mol. The highest BCUT2D eigenvalue weighted by molar-refractivity contribution is 9.10.